The molecule has 2 aliphatic rings. The van der Waals surface area contributed by atoms with Crippen molar-refractivity contribution in [3.05, 3.63) is 46.4 Å². The maximum atomic E-state index is 11.7. The molecule has 1 amide bonds. The second-order valence-electron chi connectivity index (χ2n) is 7.87. The van der Waals surface area contributed by atoms with Crippen LogP contribution >= 0.6 is 15.9 Å². The van der Waals surface area contributed by atoms with Gasteiger partial charge in [0.25, 0.3) is 0 Å². The van der Waals surface area contributed by atoms with Crippen LogP contribution in [0.2, 0.25) is 0 Å². The summed E-state index contributed by atoms with van der Waals surface area (Å²) >= 11 is 3.48. The van der Waals surface area contributed by atoms with Gasteiger partial charge in [-0.1, -0.05) is 12.1 Å². The van der Waals surface area contributed by atoms with E-state index in [0.717, 1.165) is 59.1 Å². The predicted molar refractivity (Wildman–Crippen MR) is 124 cm³/mol. The molecule has 4 rings (SSSR count). The van der Waals surface area contributed by atoms with Crippen molar-refractivity contribution in [3.8, 4) is 11.5 Å². The molecule has 1 unspecified atom stereocenters. The molecular weight excluding hydrogens is 462 g/mol. The molecule has 2 aromatic rings. The van der Waals surface area contributed by atoms with E-state index in [1.807, 2.05) is 30.3 Å². The molecular formula is C23H28BrN3O4. The van der Waals surface area contributed by atoms with E-state index in [9.17, 15) is 9.90 Å². The summed E-state index contributed by atoms with van der Waals surface area (Å²) in [7, 11) is 1.70. The predicted octanol–water partition coefficient (Wildman–Crippen LogP) is 2.90. The van der Waals surface area contributed by atoms with E-state index in [0.29, 0.717) is 19.4 Å². The van der Waals surface area contributed by atoms with Gasteiger partial charge in [0.1, 0.15) is 24.2 Å². The van der Waals surface area contributed by atoms with Crippen LogP contribution in [0.15, 0.2) is 40.9 Å². The third-order valence-electron chi connectivity index (χ3n) is 5.78. The SMILES string of the molecule is COc1ccccc1N1CCN(CC(O)COc2ccc(Br)c3c2CCC(=O)N3)CC1. The lowest BCUT2D eigenvalue weighted by Crippen LogP contribution is -2.49. The van der Waals surface area contributed by atoms with E-state index < -0.39 is 6.10 Å². The van der Waals surface area contributed by atoms with Crippen molar-refractivity contribution >= 4 is 33.2 Å². The number of piperazine rings is 1. The Morgan fingerprint density at radius 3 is 2.65 bits per heavy atom. The zero-order valence-electron chi connectivity index (χ0n) is 17.6. The van der Waals surface area contributed by atoms with Gasteiger partial charge in [0.15, 0.2) is 0 Å². The van der Waals surface area contributed by atoms with Crippen molar-refractivity contribution < 1.29 is 19.4 Å². The van der Waals surface area contributed by atoms with Gasteiger partial charge in [-0.25, -0.2) is 0 Å². The average molecular weight is 490 g/mol. The maximum Gasteiger partial charge on any atom is 0.224 e. The largest absolute Gasteiger partial charge is 0.495 e. The minimum Gasteiger partial charge on any atom is -0.495 e. The number of methoxy groups -OCH3 is 1. The van der Waals surface area contributed by atoms with E-state index >= 15 is 0 Å². The first-order chi connectivity index (χ1) is 15.0. The van der Waals surface area contributed by atoms with Crippen molar-refractivity contribution in [3.63, 3.8) is 0 Å². The van der Waals surface area contributed by atoms with Crippen LogP contribution in [0.1, 0.15) is 12.0 Å². The summed E-state index contributed by atoms with van der Waals surface area (Å²) in [5, 5.41) is 13.4. The molecule has 0 aliphatic carbocycles. The van der Waals surface area contributed by atoms with Crippen LogP contribution < -0.4 is 19.7 Å². The number of aliphatic hydroxyl groups excluding tert-OH is 1. The van der Waals surface area contributed by atoms with Gasteiger partial charge in [-0.3, -0.25) is 9.69 Å². The fraction of sp³-hybridized carbons (Fsp3) is 0.435. The number of carbonyl (C=O) groups is 1. The van der Waals surface area contributed by atoms with Gasteiger partial charge in [-0.2, -0.15) is 0 Å². The molecule has 0 saturated carbocycles. The highest BCUT2D eigenvalue weighted by atomic mass is 79.9. The number of halogens is 1. The van der Waals surface area contributed by atoms with Crippen LogP contribution in [-0.2, 0) is 11.2 Å². The van der Waals surface area contributed by atoms with Crippen molar-refractivity contribution in [1.29, 1.82) is 0 Å². The first kappa shape index (κ1) is 21.9. The standard InChI is InChI=1S/C23H28BrN3O4/c1-30-21-5-3-2-4-19(21)27-12-10-26(11-13-27)14-16(28)15-31-20-8-7-18(24)23-17(20)6-9-22(29)25-23/h2-5,7-8,16,28H,6,9-15H2,1H3,(H,25,29). The Morgan fingerprint density at radius 2 is 1.87 bits per heavy atom. The van der Waals surface area contributed by atoms with E-state index in [1.54, 1.807) is 7.11 Å². The smallest absolute Gasteiger partial charge is 0.224 e. The summed E-state index contributed by atoms with van der Waals surface area (Å²) in [4.78, 5) is 16.3. The average Bonchev–Trinajstić information content (AvgIpc) is 2.79. The Balaban J connectivity index is 1.28. The Hall–Kier alpha value is -2.29. The number of benzene rings is 2. The highest BCUT2D eigenvalue weighted by molar-refractivity contribution is 9.10. The number of amides is 1. The third kappa shape index (κ3) is 5.14. The van der Waals surface area contributed by atoms with E-state index in [2.05, 4.69) is 37.1 Å². The number of para-hydroxylation sites is 2. The number of anilines is 2. The van der Waals surface area contributed by atoms with Crippen LogP contribution in [0.5, 0.6) is 11.5 Å². The normalized spacial score (nSPS) is 17.6. The Bertz CT molecular complexity index is 931. The Morgan fingerprint density at radius 1 is 1.10 bits per heavy atom. The van der Waals surface area contributed by atoms with Gasteiger partial charge in [0, 0.05) is 49.2 Å². The zero-order chi connectivity index (χ0) is 21.8. The summed E-state index contributed by atoms with van der Waals surface area (Å²) in [6.07, 6.45) is 0.491. The first-order valence-corrected chi connectivity index (χ1v) is 11.4. The highest BCUT2D eigenvalue weighted by Crippen LogP contribution is 2.37. The molecule has 0 radical (unpaired) electrons. The van der Waals surface area contributed by atoms with Gasteiger partial charge in [0.2, 0.25) is 5.91 Å². The molecule has 2 heterocycles. The van der Waals surface area contributed by atoms with Crippen molar-refractivity contribution in [2.75, 3.05) is 56.7 Å². The molecule has 1 saturated heterocycles. The first-order valence-electron chi connectivity index (χ1n) is 10.6. The second-order valence-corrected chi connectivity index (χ2v) is 8.73. The molecule has 2 N–H and O–H groups in total. The lowest BCUT2D eigenvalue weighted by Gasteiger charge is -2.37. The topological polar surface area (TPSA) is 74.3 Å². The fourth-order valence-corrected chi connectivity index (χ4v) is 4.63. The second kappa shape index (κ2) is 9.89. The van der Waals surface area contributed by atoms with Crippen LogP contribution in [0.3, 0.4) is 0 Å². The van der Waals surface area contributed by atoms with Crippen LogP contribution in [0.4, 0.5) is 11.4 Å². The summed E-state index contributed by atoms with van der Waals surface area (Å²) in [5.41, 5.74) is 2.86. The molecule has 2 aliphatic heterocycles. The monoisotopic (exact) mass is 489 g/mol. The molecule has 1 fully saturated rings. The molecule has 7 nitrogen and oxygen atoms in total. The molecule has 1 atom stereocenters. The summed E-state index contributed by atoms with van der Waals surface area (Å²) < 4.78 is 12.3. The van der Waals surface area contributed by atoms with Gasteiger partial charge in [-0.15, -0.1) is 0 Å². The van der Waals surface area contributed by atoms with Crippen molar-refractivity contribution in [2.45, 2.75) is 18.9 Å². The number of nitrogens with zero attached hydrogens (tertiary/aromatic N) is 2. The molecule has 31 heavy (non-hydrogen) atoms. The van der Waals surface area contributed by atoms with Gasteiger partial charge in [-0.05, 0) is 46.6 Å². The van der Waals surface area contributed by atoms with E-state index in [-0.39, 0.29) is 12.5 Å². The lowest BCUT2D eigenvalue weighted by molar-refractivity contribution is -0.116. The minimum atomic E-state index is -0.588. The fourth-order valence-electron chi connectivity index (χ4n) is 4.16. The summed E-state index contributed by atoms with van der Waals surface area (Å²) in [6.45, 7) is 4.29. The number of aliphatic hydroxyl groups is 1. The number of ether oxygens (including phenoxy) is 2. The lowest BCUT2D eigenvalue weighted by atomic mass is 10.0. The number of β-amino-alcohol motifs (C(OH)–C–C–N with tert-alkyl or cyclic N) is 1. The number of nitrogens with one attached hydrogen (secondary N) is 1. The third-order valence-corrected chi connectivity index (χ3v) is 6.44. The number of fused-ring (bicyclic) bond motifs is 1. The number of rotatable bonds is 7. The summed E-state index contributed by atoms with van der Waals surface area (Å²) in [5.74, 6) is 1.62. The molecule has 8 heteroatoms. The number of hydrogen-bond acceptors (Lipinski definition) is 6. The molecule has 166 valence electrons. The van der Waals surface area contributed by atoms with Crippen LogP contribution in [0.25, 0.3) is 0 Å². The molecule has 0 spiro atoms. The zero-order valence-corrected chi connectivity index (χ0v) is 19.2. The van der Waals surface area contributed by atoms with E-state index in [4.69, 9.17) is 9.47 Å². The van der Waals surface area contributed by atoms with Crippen molar-refractivity contribution in [2.24, 2.45) is 0 Å². The van der Waals surface area contributed by atoms with Crippen molar-refractivity contribution in [1.82, 2.24) is 4.90 Å². The van der Waals surface area contributed by atoms with Crippen LogP contribution in [0, 0.1) is 0 Å². The molecule has 2 aromatic carbocycles. The van der Waals surface area contributed by atoms with Gasteiger partial charge >= 0.3 is 0 Å². The van der Waals surface area contributed by atoms with Gasteiger partial charge in [0.05, 0.1) is 18.5 Å². The quantitative estimate of drug-likeness (QED) is 0.622. The molecule has 0 aromatic heterocycles. The highest BCUT2D eigenvalue weighted by Gasteiger charge is 2.23. The Kier molecular flexibility index (Phi) is 6.99. The van der Waals surface area contributed by atoms with E-state index in [1.165, 1.54) is 0 Å². The number of hydrogen-bond donors (Lipinski definition) is 2. The Labute approximate surface area is 191 Å². The summed E-state index contributed by atoms with van der Waals surface area (Å²) in [6, 6.07) is 11.8. The minimum absolute atomic E-state index is 0.0117. The van der Waals surface area contributed by atoms with Crippen LogP contribution in [-0.4, -0.2) is 68.5 Å². The number of carbonyl (C=O) groups excluding carboxylic acids is 1. The van der Waals surface area contributed by atoms with Gasteiger partial charge < -0.3 is 24.8 Å². The molecule has 0 bridgehead atoms. The maximum absolute atomic E-state index is 11.7.